The molecule has 0 radical (unpaired) electrons. The van der Waals surface area contributed by atoms with Gasteiger partial charge in [0.05, 0.1) is 0 Å². The van der Waals surface area contributed by atoms with Crippen LogP contribution in [0, 0.1) is 6.92 Å². The molecule has 0 aliphatic heterocycles. The molecule has 3 heteroatoms. The standard InChI is InChI=1S/C14H20N2O/c1-11-5-7-12(8-6-11)16-14(13(15)17)9-3-2-4-10-14/h5-8,16H,2-4,9-10H2,1H3,(H2,15,17). The number of anilines is 1. The van der Waals surface area contributed by atoms with Crippen molar-refractivity contribution in [2.45, 2.75) is 44.6 Å². The summed E-state index contributed by atoms with van der Waals surface area (Å²) in [5.41, 5.74) is 7.24. The van der Waals surface area contributed by atoms with Gasteiger partial charge in [0.15, 0.2) is 0 Å². The highest BCUT2D eigenvalue weighted by Gasteiger charge is 2.37. The summed E-state index contributed by atoms with van der Waals surface area (Å²) < 4.78 is 0. The van der Waals surface area contributed by atoms with Crippen molar-refractivity contribution in [3.8, 4) is 0 Å². The summed E-state index contributed by atoms with van der Waals surface area (Å²) in [4.78, 5) is 11.7. The molecule has 0 atom stereocenters. The van der Waals surface area contributed by atoms with E-state index in [0.29, 0.717) is 0 Å². The Morgan fingerprint density at radius 3 is 2.29 bits per heavy atom. The maximum atomic E-state index is 11.7. The molecule has 1 amide bonds. The molecule has 0 spiro atoms. The average molecular weight is 232 g/mol. The average Bonchev–Trinajstić information content (AvgIpc) is 2.33. The molecular formula is C14H20N2O. The topological polar surface area (TPSA) is 55.1 Å². The molecule has 0 bridgehead atoms. The monoisotopic (exact) mass is 232 g/mol. The Hall–Kier alpha value is -1.51. The molecule has 1 aliphatic carbocycles. The van der Waals surface area contributed by atoms with Crippen molar-refractivity contribution in [3.05, 3.63) is 29.8 Å². The third kappa shape index (κ3) is 2.60. The molecule has 3 N–H and O–H groups in total. The molecular weight excluding hydrogens is 212 g/mol. The zero-order chi connectivity index (χ0) is 12.3. The number of carbonyl (C=O) groups excluding carboxylic acids is 1. The van der Waals surface area contributed by atoms with Crippen molar-refractivity contribution in [3.63, 3.8) is 0 Å². The van der Waals surface area contributed by atoms with E-state index in [1.807, 2.05) is 31.2 Å². The van der Waals surface area contributed by atoms with Gasteiger partial charge in [-0.2, -0.15) is 0 Å². The van der Waals surface area contributed by atoms with Crippen molar-refractivity contribution in [1.82, 2.24) is 0 Å². The van der Waals surface area contributed by atoms with Crippen LogP contribution in [-0.4, -0.2) is 11.4 Å². The number of nitrogens with one attached hydrogen (secondary N) is 1. The minimum Gasteiger partial charge on any atom is -0.371 e. The number of nitrogens with two attached hydrogens (primary N) is 1. The molecule has 0 heterocycles. The Morgan fingerprint density at radius 2 is 1.76 bits per heavy atom. The lowest BCUT2D eigenvalue weighted by molar-refractivity contribution is -0.123. The molecule has 0 aromatic heterocycles. The summed E-state index contributed by atoms with van der Waals surface area (Å²) in [5.74, 6) is -0.224. The second kappa shape index (κ2) is 4.78. The quantitative estimate of drug-likeness (QED) is 0.841. The third-order valence-electron chi connectivity index (χ3n) is 3.61. The van der Waals surface area contributed by atoms with Crippen LogP contribution in [0.2, 0.25) is 0 Å². The van der Waals surface area contributed by atoms with Gasteiger partial charge in [0.2, 0.25) is 5.91 Å². The fourth-order valence-corrected chi connectivity index (χ4v) is 2.50. The van der Waals surface area contributed by atoms with E-state index in [4.69, 9.17) is 5.73 Å². The molecule has 92 valence electrons. The Kier molecular flexibility index (Phi) is 3.36. The zero-order valence-corrected chi connectivity index (χ0v) is 10.3. The summed E-state index contributed by atoms with van der Waals surface area (Å²) in [6, 6.07) is 8.10. The van der Waals surface area contributed by atoms with Crippen molar-refractivity contribution in [1.29, 1.82) is 0 Å². The van der Waals surface area contributed by atoms with Crippen LogP contribution in [0.25, 0.3) is 0 Å². The van der Waals surface area contributed by atoms with E-state index < -0.39 is 5.54 Å². The van der Waals surface area contributed by atoms with Crippen LogP contribution >= 0.6 is 0 Å². The molecule has 2 rings (SSSR count). The maximum absolute atomic E-state index is 11.7. The van der Waals surface area contributed by atoms with Crippen molar-refractivity contribution in [2.75, 3.05) is 5.32 Å². The highest BCUT2D eigenvalue weighted by molar-refractivity contribution is 5.88. The number of benzene rings is 1. The normalized spacial score (nSPS) is 18.6. The number of amides is 1. The Labute approximate surface area is 102 Å². The summed E-state index contributed by atoms with van der Waals surface area (Å²) >= 11 is 0. The van der Waals surface area contributed by atoms with E-state index in [1.165, 1.54) is 12.0 Å². The number of primary amides is 1. The van der Waals surface area contributed by atoms with Crippen LogP contribution in [0.5, 0.6) is 0 Å². The van der Waals surface area contributed by atoms with Gasteiger partial charge in [0, 0.05) is 5.69 Å². The Bertz CT molecular complexity index is 391. The lowest BCUT2D eigenvalue weighted by Crippen LogP contribution is -2.51. The lowest BCUT2D eigenvalue weighted by Gasteiger charge is -2.36. The van der Waals surface area contributed by atoms with Crippen molar-refractivity contribution < 1.29 is 4.79 Å². The van der Waals surface area contributed by atoms with E-state index in [9.17, 15) is 4.79 Å². The van der Waals surface area contributed by atoms with Crippen LogP contribution in [0.4, 0.5) is 5.69 Å². The van der Waals surface area contributed by atoms with Crippen molar-refractivity contribution in [2.24, 2.45) is 5.73 Å². The largest absolute Gasteiger partial charge is 0.371 e. The molecule has 1 aliphatic rings. The van der Waals surface area contributed by atoms with E-state index in [1.54, 1.807) is 0 Å². The molecule has 1 aromatic rings. The first-order chi connectivity index (χ1) is 8.12. The zero-order valence-electron chi connectivity index (χ0n) is 10.3. The van der Waals surface area contributed by atoms with Crippen LogP contribution in [0.15, 0.2) is 24.3 Å². The molecule has 1 aromatic carbocycles. The van der Waals surface area contributed by atoms with Gasteiger partial charge < -0.3 is 11.1 Å². The molecule has 17 heavy (non-hydrogen) atoms. The van der Waals surface area contributed by atoms with E-state index in [2.05, 4.69) is 5.32 Å². The van der Waals surface area contributed by atoms with E-state index >= 15 is 0 Å². The first kappa shape index (κ1) is 12.0. The fourth-order valence-electron chi connectivity index (χ4n) is 2.50. The number of rotatable bonds is 3. The first-order valence-electron chi connectivity index (χ1n) is 6.27. The highest BCUT2D eigenvalue weighted by atomic mass is 16.1. The second-order valence-electron chi connectivity index (χ2n) is 5.00. The lowest BCUT2D eigenvalue weighted by atomic mass is 9.81. The summed E-state index contributed by atoms with van der Waals surface area (Å²) in [6.07, 6.45) is 5.03. The van der Waals surface area contributed by atoms with Crippen LogP contribution in [0.1, 0.15) is 37.7 Å². The van der Waals surface area contributed by atoms with Crippen LogP contribution in [-0.2, 0) is 4.79 Å². The maximum Gasteiger partial charge on any atom is 0.243 e. The first-order valence-corrected chi connectivity index (χ1v) is 6.27. The van der Waals surface area contributed by atoms with Crippen LogP contribution < -0.4 is 11.1 Å². The van der Waals surface area contributed by atoms with Gasteiger partial charge in [-0.25, -0.2) is 0 Å². The van der Waals surface area contributed by atoms with Gasteiger partial charge in [-0.15, -0.1) is 0 Å². The number of carbonyl (C=O) groups is 1. The fraction of sp³-hybridized carbons (Fsp3) is 0.500. The SMILES string of the molecule is Cc1ccc(NC2(C(N)=O)CCCCC2)cc1. The van der Waals surface area contributed by atoms with Gasteiger partial charge in [0.25, 0.3) is 0 Å². The highest BCUT2D eigenvalue weighted by Crippen LogP contribution is 2.31. The van der Waals surface area contributed by atoms with Gasteiger partial charge in [-0.05, 0) is 31.9 Å². The minimum absolute atomic E-state index is 0.224. The molecule has 1 fully saturated rings. The van der Waals surface area contributed by atoms with Gasteiger partial charge in [-0.3, -0.25) is 4.79 Å². The molecule has 0 saturated heterocycles. The molecule has 3 nitrogen and oxygen atoms in total. The third-order valence-corrected chi connectivity index (χ3v) is 3.61. The summed E-state index contributed by atoms with van der Waals surface area (Å²) in [7, 11) is 0. The summed E-state index contributed by atoms with van der Waals surface area (Å²) in [5, 5.41) is 3.35. The van der Waals surface area contributed by atoms with Gasteiger partial charge in [0.1, 0.15) is 5.54 Å². The molecule has 0 unspecified atom stereocenters. The van der Waals surface area contributed by atoms with E-state index in [0.717, 1.165) is 31.4 Å². The number of aryl methyl sites for hydroxylation is 1. The molecule has 1 saturated carbocycles. The van der Waals surface area contributed by atoms with E-state index in [-0.39, 0.29) is 5.91 Å². The second-order valence-corrected chi connectivity index (χ2v) is 5.00. The van der Waals surface area contributed by atoms with Gasteiger partial charge >= 0.3 is 0 Å². The smallest absolute Gasteiger partial charge is 0.243 e. The number of hydrogen-bond donors (Lipinski definition) is 2. The predicted molar refractivity (Wildman–Crippen MR) is 69.8 cm³/mol. The predicted octanol–water partition coefficient (Wildman–Crippen LogP) is 2.60. The minimum atomic E-state index is -0.534. The van der Waals surface area contributed by atoms with Gasteiger partial charge in [-0.1, -0.05) is 37.0 Å². The van der Waals surface area contributed by atoms with Crippen molar-refractivity contribution >= 4 is 11.6 Å². The number of hydrogen-bond acceptors (Lipinski definition) is 2. The Balaban J connectivity index is 2.17. The van der Waals surface area contributed by atoms with Crippen LogP contribution in [0.3, 0.4) is 0 Å². The summed E-state index contributed by atoms with van der Waals surface area (Å²) in [6.45, 7) is 2.05. The Morgan fingerprint density at radius 1 is 1.18 bits per heavy atom.